The Morgan fingerprint density at radius 1 is 1.64 bits per heavy atom. The number of aliphatic hydroxyl groups is 1. The van der Waals surface area contributed by atoms with E-state index in [1.807, 2.05) is 26.0 Å². The predicted molar refractivity (Wildman–Crippen MR) is 48.0 cm³/mol. The summed E-state index contributed by atoms with van der Waals surface area (Å²) in [6.45, 7) is 3.79. The third-order valence-corrected chi connectivity index (χ3v) is 1.42. The maximum atomic E-state index is 9.29. The Morgan fingerprint density at radius 2 is 2.27 bits per heavy atom. The summed E-state index contributed by atoms with van der Waals surface area (Å²) in [6.07, 6.45) is 6.78. The number of nitrogens with one attached hydrogen (secondary N) is 1. The van der Waals surface area contributed by atoms with E-state index in [0.717, 1.165) is 0 Å². The third kappa shape index (κ3) is 3.73. The number of hydrogen-bond acceptors (Lipinski definition) is 2. The molecule has 62 valence electrons. The first-order chi connectivity index (χ1) is 5.26. The molecule has 0 aliphatic rings. The minimum atomic E-state index is -0.497. The van der Waals surface area contributed by atoms with E-state index >= 15 is 0 Å². The van der Waals surface area contributed by atoms with Crippen molar-refractivity contribution >= 4 is 6.21 Å². The molecule has 1 atom stereocenters. The lowest BCUT2D eigenvalue weighted by Gasteiger charge is -2.05. The highest BCUT2D eigenvalue weighted by molar-refractivity contribution is 5.77. The van der Waals surface area contributed by atoms with E-state index in [4.69, 9.17) is 5.41 Å². The standard InChI is InChI=1S/C9H15NO/c1-3-5-6-8(7-10)9(11)4-2/h3,5-7,9-11H,4H2,1-2H3/b5-3-,8-6+,10-7?. The fraction of sp³-hybridized carbons (Fsp3) is 0.444. The predicted octanol–water partition coefficient (Wildman–Crippen LogP) is 1.91. The molecule has 0 fully saturated rings. The number of rotatable bonds is 4. The van der Waals surface area contributed by atoms with Crippen LogP contribution in [0.2, 0.25) is 0 Å². The van der Waals surface area contributed by atoms with Gasteiger partial charge in [0.1, 0.15) is 0 Å². The van der Waals surface area contributed by atoms with Gasteiger partial charge in [0.2, 0.25) is 0 Å². The van der Waals surface area contributed by atoms with Crippen molar-refractivity contribution in [3.8, 4) is 0 Å². The molecule has 2 nitrogen and oxygen atoms in total. The van der Waals surface area contributed by atoms with E-state index in [1.54, 1.807) is 6.08 Å². The summed E-state index contributed by atoms with van der Waals surface area (Å²) < 4.78 is 0. The Hall–Kier alpha value is -0.890. The quantitative estimate of drug-likeness (QED) is 0.470. The number of allylic oxidation sites excluding steroid dienone is 3. The molecule has 0 aromatic rings. The molecule has 0 aliphatic carbocycles. The van der Waals surface area contributed by atoms with Crippen molar-refractivity contribution < 1.29 is 5.11 Å². The van der Waals surface area contributed by atoms with Gasteiger partial charge in [0.15, 0.2) is 0 Å². The van der Waals surface area contributed by atoms with Crippen molar-refractivity contribution in [1.29, 1.82) is 5.41 Å². The molecule has 11 heavy (non-hydrogen) atoms. The van der Waals surface area contributed by atoms with Crippen molar-refractivity contribution in [2.75, 3.05) is 0 Å². The largest absolute Gasteiger partial charge is 0.388 e. The molecule has 0 heterocycles. The van der Waals surface area contributed by atoms with Gasteiger partial charge < -0.3 is 10.5 Å². The van der Waals surface area contributed by atoms with Crippen molar-refractivity contribution in [3.63, 3.8) is 0 Å². The summed E-state index contributed by atoms with van der Waals surface area (Å²) >= 11 is 0. The molecule has 1 unspecified atom stereocenters. The van der Waals surface area contributed by atoms with Crippen LogP contribution >= 0.6 is 0 Å². The van der Waals surface area contributed by atoms with Gasteiger partial charge in [-0.3, -0.25) is 0 Å². The molecule has 0 aromatic heterocycles. The van der Waals surface area contributed by atoms with Crippen LogP contribution in [0, 0.1) is 5.41 Å². The van der Waals surface area contributed by atoms with Crippen molar-refractivity contribution in [2.24, 2.45) is 0 Å². The Morgan fingerprint density at radius 3 is 2.64 bits per heavy atom. The summed E-state index contributed by atoms with van der Waals surface area (Å²) in [7, 11) is 0. The second-order valence-corrected chi connectivity index (χ2v) is 2.26. The zero-order valence-corrected chi connectivity index (χ0v) is 7.04. The first-order valence-electron chi connectivity index (χ1n) is 3.77. The average Bonchev–Trinajstić information content (AvgIpc) is 2.05. The topological polar surface area (TPSA) is 44.1 Å². The van der Waals surface area contributed by atoms with Crippen LogP contribution in [-0.2, 0) is 0 Å². The Bertz CT molecular complexity index is 170. The van der Waals surface area contributed by atoms with E-state index in [9.17, 15) is 5.11 Å². The fourth-order valence-electron chi connectivity index (χ4n) is 0.698. The van der Waals surface area contributed by atoms with Crippen LogP contribution < -0.4 is 0 Å². The average molecular weight is 153 g/mol. The maximum Gasteiger partial charge on any atom is 0.0802 e. The van der Waals surface area contributed by atoms with Gasteiger partial charge in [0.25, 0.3) is 0 Å². The lowest BCUT2D eigenvalue weighted by Crippen LogP contribution is -2.08. The molecule has 0 amide bonds. The van der Waals surface area contributed by atoms with Gasteiger partial charge >= 0.3 is 0 Å². The van der Waals surface area contributed by atoms with Crippen LogP contribution in [-0.4, -0.2) is 17.4 Å². The van der Waals surface area contributed by atoms with Gasteiger partial charge in [-0.05, 0) is 18.9 Å². The zero-order chi connectivity index (χ0) is 8.69. The monoisotopic (exact) mass is 153 g/mol. The van der Waals surface area contributed by atoms with E-state index < -0.39 is 6.10 Å². The molecular formula is C9H15NO. The summed E-state index contributed by atoms with van der Waals surface area (Å²) in [4.78, 5) is 0. The normalized spacial score (nSPS) is 15.4. The number of hydrogen-bond donors (Lipinski definition) is 2. The molecule has 0 aromatic carbocycles. The lowest BCUT2D eigenvalue weighted by atomic mass is 10.1. The Labute approximate surface area is 67.8 Å². The Balaban J connectivity index is 4.25. The highest BCUT2D eigenvalue weighted by Crippen LogP contribution is 2.02. The van der Waals surface area contributed by atoms with Crippen LogP contribution in [0.25, 0.3) is 0 Å². The van der Waals surface area contributed by atoms with Crippen LogP contribution in [0.1, 0.15) is 20.3 Å². The molecule has 0 radical (unpaired) electrons. The molecule has 2 heteroatoms. The van der Waals surface area contributed by atoms with E-state index in [0.29, 0.717) is 12.0 Å². The second kappa shape index (κ2) is 5.86. The molecular weight excluding hydrogens is 138 g/mol. The summed E-state index contributed by atoms with van der Waals surface area (Å²) in [5.74, 6) is 0. The molecule has 0 rings (SSSR count). The molecule has 0 bridgehead atoms. The van der Waals surface area contributed by atoms with Crippen molar-refractivity contribution in [3.05, 3.63) is 23.8 Å². The SMILES string of the molecule is C/C=C\C=C(/C=N)C(O)CC. The van der Waals surface area contributed by atoms with Gasteiger partial charge in [-0.2, -0.15) is 0 Å². The fourth-order valence-corrected chi connectivity index (χ4v) is 0.698. The second-order valence-electron chi connectivity index (χ2n) is 2.26. The Kier molecular flexibility index (Phi) is 5.39. The smallest absolute Gasteiger partial charge is 0.0802 e. The lowest BCUT2D eigenvalue weighted by molar-refractivity contribution is 0.213. The minimum Gasteiger partial charge on any atom is -0.388 e. The summed E-state index contributed by atoms with van der Waals surface area (Å²) in [6, 6.07) is 0. The van der Waals surface area contributed by atoms with E-state index in [2.05, 4.69) is 0 Å². The zero-order valence-electron chi connectivity index (χ0n) is 7.04. The van der Waals surface area contributed by atoms with Crippen LogP contribution in [0.3, 0.4) is 0 Å². The molecule has 0 saturated carbocycles. The van der Waals surface area contributed by atoms with E-state index in [1.165, 1.54) is 6.21 Å². The number of aliphatic hydroxyl groups excluding tert-OH is 1. The first-order valence-corrected chi connectivity index (χ1v) is 3.77. The van der Waals surface area contributed by atoms with Gasteiger partial charge in [-0.25, -0.2) is 0 Å². The molecule has 0 saturated heterocycles. The highest BCUT2D eigenvalue weighted by Gasteiger charge is 2.02. The summed E-state index contributed by atoms with van der Waals surface area (Å²) in [5, 5.41) is 16.3. The van der Waals surface area contributed by atoms with Gasteiger partial charge in [-0.15, -0.1) is 0 Å². The van der Waals surface area contributed by atoms with Crippen LogP contribution in [0.5, 0.6) is 0 Å². The van der Waals surface area contributed by atoms with Crippen LogP contribution in [0.15, 0.2) is 23.8 Å². The molecule has 0 aliphatic heterocycles. The minimum absolute atomic E-state index is 0.497. The first kappa shape index (κ1) is 10.1. The van der Waals surface area contributed by atoms with Gasteiger partial charge in [-0.1, -0.05) is 25.2 Å². The highest BCUT2D eigenvalue weighted by atomic mass is 16.3. The summed E-state index contributed by atoms with van der Waals surface area (Å²) in [5.41, 5.74) is 0.658. The van der Waals surface area contributed by atoms with Crippen LogP contribution in [0.4, 0.5) is 0 Å². The third-order valence-electron chi connectivity index (χ3n) is 1.42. The van der Waals surface area contributed by atoms with Crippen molar-refractivity contribution in [2.45, 2.75) is 26.4 Å². The molecule has 0 spiro atoms. The van der Waals surface area contributed by atoms with Crippen molar-refractivity contribution in [1.82, 2.24) is 0 Å². The maximum absolute atomic E-state index is 9.29. The van der Waals surface area contributed by atoms with Gasteiger partial charge in [0, 0.05) is 6.21 Å². The van der Waals surface area contributed by atoms with Gasteiger partial charge in [0.05, 0.1) is 6.10 Å². The molecule has 2 N–H and O–H groups in total. The van der Waals surface area contributed by atoms with E-state index in [-0.39, 0.29) is 0 Å².